The second-order valence-electron chi connectivity index (χ2n) is 5.85. The van der Waals surface area contributed by atoms with Gasteiger partial charge >= 0.3 is 6.01 Å². The van der Waals surface area contributed by atoms with Crippen LogP contribution in [0, 0.1) is 6.92 Å². The van der Waals surface area contributed by atoms with E-state index in [9.17, 15) is 4.79 Å². The van der Waals surface area contributed by atoms with Crippen LogP contribution in [0.25, 0.3) is 0 Å². The van der Waals surface area contributed by atoms with E-state index in [0.717, 1.165) is 0 Å². The number of hydrogen-bond donors (Lipinski definition) is 0. The first-order valence-corrected chi connectivity index (χ1v) is 7.68. The van der Waals surface area contributed by atoms with Gasteiger partial charge < -0.3 is 18.7 Å². The SMILES string of the molecule is Cc1nc(CC(=O)N2CCN(c3nnc(C(C)C)o3)CC2)no1. The van der Waals surface area contributed by atoms with Crippen molar-refractivity contribution in [2.75, 3.05) is 31.1 Å². The van der Waals surface area contributed by atoms with Gasteiger partial charge in [0, 0.05) is 39.0 Å². The number of amides is 1. The average Bonchev–Trinajstić information content (AvgIpc) is 3.17. The zero-order valence-electron chi connectivity index (χ0n) is 13.5. The Bertz CT molecular complexity index is 672. The Labute approximate surface area is 133 Å². The first-order chi connectivity index (χ1) is 11.0. The van der Waals surface area contributed by atoms with Crippen molar-refractivity contribution in [3.8, 4) is 0 Å². The van der Waals surface area contributed by atoms with E-state index in [4.69, 9.17) is 8.94 Å². The van der Waals surface area contributed by atoms with E-state index in [1.807, 2.05) is 18.7 Å². The van der Waals surface area contributed by atoms with Crippen LogP contribution in [0.5, 0.6) is 0 Å². The van der Waals surface area contributed by atoms with Gasteiger partial charge in [0.2, 0.25) is 17.7 Å². The smallest absolute Gasteiger partial charge is 0.318 e. The van der Waals surface area contributed by atoms with Gasteiger partial charge in [-0.25, -0.2) is 0 Å². The minimum absolute atomic E-state index is 0.00107. The molecule has 1 aliphatic heterocycles. The molecule has 0 aliphatic carbocycles. The Balaban J connectivity index is 1.54. The quantitative estimate of drug-likeness (QED) is 0.814. The molecule has 124 valence electrons. The fourth-order valence-electron chi connectivity index (χ4n) is 2.39. The lowest BCUT2D eigenvalue weighted by molar-refractivity contribution is -0.130. The van der Waals surface area contributed by atoms with E-state index in [2.05, 4.69) is 20.3 Å². The van der Waals surface area contributed by atoms with Crippen molar-refractivity contribution in [2.24, 2.45) is 0 Å². The van der Waals surface area contributed by atoms with Gasteiger partial charge in [-0.15, -0.1) is 5.10 Å². The number of nitrogens with zero attached hydrogens (tertiary/aromatic N) is 6. The van der Waals surface area contributed by atoms with E-state index in [0.29, 0.717) is 49.8 Å². The van der Waals surface area contributed by atoms with Crippen LogP contribution in [0.15, 0.2) is 8.94 Å². The molecule has 0 spiro atoms. The molecule has 1 aliphatic rings. The van der Waals surface area contributed by atoms with Gasteiger partial charge in [-0.1, -0.05) is 24.1 Å². The highest BCUT2D eigenvalue weighted by Crippen LogP contribution is 2.19. The molecule has 9 nitrogen and oxygen atoms in total. The van der Waals surface area contributed by atoms with Crippen molar-refractivity contribution >= 4 is 11.9 Å². The van der Waals surface area contributed by atoms with Crippen molar-refractivity contribution < 1.29 is 13.7 Å². The van der Waals surface area contributed by atoms with Gasteiger partial charge in [0.1, 0.15) is 0 Å². The number of aryl methyl sites for hydroxylation is 1. The molecule has 23 heavy (non-hydrogen) atoms. The molecule has 1 saturated heterocycles. The summed E-state index contributed by atoms with van der Waals surface area (Å²) < 4.78 is 10.5. The van der Waals surface area contributed by atoms with Gasteiger partial charge in [0.05, 0.1) is 6.42 Å². The maximum Gasteiger partial charge on any atom is 0.318 e. The maximum absolute atomic E-state index is 12.2. The molecular weight excluding hydrogens is 300 g/mol. The van der Waals surface area contributed by atoms with Crippen molar-refractivity contribution in [1.82, 2.24) is 25.2 Å². The third-order valence-corrected chi connectivity index (χ3v) is 3.71. The van der Waals surface area contributed by atoms with Crippen molar-refractivity contribution in [3.63, 3.8) is 0 Å². The van der Waals surface area contributed by atoms with Gasteiger partial charge in [0.25, 0.3) is 0 Å². The normalized spacial score (nSPS) is 15.5. The summed E-state index contributed by atoms with van der Waals surface area (Å²) in [5.41, 5.74) is 0. The summed E-state index contributed by atoms with van der Waals surface area (Å²) in [6.07, 6.45) is 0.162. The molecule has 2 aromatic rings. The second kappa shape index (κ2) is 6.35. The van der Waals surface area contributed by atoms with E-state index in [-0.39, 0.29) is 18.2 Å². The molecule has 9 heteroatoms. The van der Waals surface area contributed by atoms with E-state index in [1.54, 1.807) is 11.8 Å². The van der Waals surface area contributed by atoms with Crippen molar-refractivity contribution in [1.29, 1.82) is 0 Å². The van der Waals surface area contributed by atoms with Crippen LogP contribution >= 0.6 is 0 Å². The number of carbonyl (C=O) groups excluding carboxylic acids is 1. The highest BCUT2D eigenvalue weighted by molar-refractivity contribution is 5.78. The van der Waals surface area contributed by atoms with Gasteiger partial charge in [0.15, 0.2) is 5.82 Å². The van der Waals surface area contributed by atoms with Gasteiger partial charge in [-0.3, -0.25) is 4.79 Å². The zero-order valence-corrected chi connectivity index (χ0v) is 13.5. The lowest BCUT2D eigenvalue weighted by Crippen LogP contribution is -2.49. The number of anilines is 1. The summed E-state index contributed by atoms with van der Waals surface area (Å²) in [6.45, 7) is 8.26. The molecule has 3 rings (SSSR count). The second-order valence-corrected chi connectivity index (χ2v) is 5.85. The summed E-state index contributed by atoms with van der Waals surface area (Å²) in [6, 6.07) is 0.523. The van der Waals surface area contributed by atoms with Crippen LogP contribution in [0.1, 0.15) is 37.4 Å². The van der Waals surface area contributed by atoms with Crippen molar-refractivity contribution in [2.45, 2.75) is 33.1 Å². The highest BCUT2D eigenvalue weighted by Gasteiger charge is 2.25. The molecule has 0 bridgehead atoms. The summed E-state index contributed by atoms with van der Waals surface area (Å²) in [5, 5.41) is 11.9. The Morgan fingerprint density at radius 2 is 1.96 bits per heavy atom. The maximum atomic E-state index is 12.2. The molecule has 0 N–H and O–H groups in total. The lowest BCUT2D eigenvalue weighted by Gasteiger charge is -2.33. The van der Waals surface area contributed by atoms with E-state index < -0.39 is 0 Å². The van der Waals surface area contributed by atoms with Gasteiger partial charge in [-0.05, 0) is 0 Å². The minimum atomic E-state index is -0.00107. The van der Waals surface area contributed by atoms with Crippen LogP contribution in [-0.2, 0) is 11.2 Å². The van der Waals surface area contributed by atoms with Crippen LogP contribution in [0.4, 0.5) is 6.01 Å². The van der Waals surface area contributed by atoms with Crippen molar-refractivity contribution in [3.05, 3.63) is 17.6 Å². The zero-order chi connectivity index (χ0) is 16.4. The van der Waals surface area contributed by atoms with E-state index >= 15 is 0 Å². The largest absolute Gasteiger partial charge is 0.408 e. The molecule has 1 amide bonds. The Kier molecular flexibility index (Phi) is 4.26. The third kappa shape index (κ3) is 3.49. The minimum Gasteiger partial charge on any atom is -0.408 e. The first-order valence-electron chi connectivity index (χ1n) is 7.68. The molecule has 0 unspecified atom stereocenters. The number of piperazine rings is 1. The lowest BCUT2D eigenvalue weighted by atomic mass is 10.2. The predicted octanol–water partition coefficient (Wildman–Crippen LogP) is 0.776. The summed E-state index contributed by atoms with van der Waals surface area (Å²) in [5.74, 6) is 1.73. The number of carbonyl (C=O) groups is 1. The number of rotatable bonds is 4. The Morgan fingerprint density at radius 3 is 2.52 bits per heavy atom. The standard InChI is InChI=1S/C14H20N6O3/c1-9(2)13-16-17-14(22-13)20-6-4-19(5-7-20)12(21)8-11-15-10(3)23-18-11/h9H,4-8H2,1-3H3. The summed E-state index contributed by atoms with van der Waals surface area (Å²) in [7, 11) is 0. The van der Waals surface area contributed by atoms with Gasteiger partial charge in [-0.2, -0.15) is 4.98 Å². The molecule has 0 saturated carbocycles. The highest BCUT2D eigenvalue weighted by atomic mass is 16.5. The molecular formula is C14H20N6O3. The average molecular weight is 320 g/mol. The molecule has 3 heterocycles. The first kappa shape index (κ1) is 15.4. The monoisotopic (exact) mass is 320 g/mol. The van der Waals surface area contributed by atoms with Crippen LogP contribution in [0.2, 0.25) is 0 Å². The molecule has 1 fully saturated rings. The topological polar surface area (TPSA) is 101 Å². The number of hydrogen-bond acceptors (Lipinski definition) is 8. The van der Waals surface area contributed by atoms with Crippen LogP contribution in [0.3, 0.4) is 0 Å². The fraction of sp³-hybridized carbons (Fsp3) is 0.643. The van der Waals surface area contributed by atoms with Crippen LogP contribution in [-0.4, -0.2) is 57.3 Å². The van der Waals surface area contributed by atoms with Crippen LogP contribution < -0.4 is 4.90 Å². The Morgan fingerprint density at radius 1 is 1.22 bits per heavy atom. The third-order valence-electron chi connectivity index (χ3n) is 3.71. The summed E-state index contributed by atoms with van der Waals surface area (Å²) in [4.78, 5) is 20.1. The fourth-order valence-corrected chi connectivity index (χ4v) is 2.39. The molecule has 0 atom stereocenters. The Hall–Kier alpha value is -2.45. The molecule has 2 aromatic heterocycles. The summed E-state index contributed by atoms with van der Waals surface area (Å²) >= 11 is 0. The number of aromatic nitrogens is 4. The molecule has 0 aromatic carbocycles. The van der Waals surface area contributed by atoms with E-state index in [1.165, 1.54) is 0 Å². The molecule has 0 radical (unpaired) electrons. The predicted molar refractivity (Wildman–Crippen MR) is 79.9 cm³/mol.